The summed E-state index contributed by atoms with van der Waals surface area (Å²) in [6, 6.07) is 15.3. The minimum absolute atomic E-state index is 0.165. The van der Waals surface area contributed by atoms with Crippen LogP contribution >= 0.6 is 11.6 Å². The van der Waals surface area contributed by atoms with E-state index in [0.29, 0.717) is 35.9 Å². The van der Waals surface area contributed by atoms with Gasteiger partial charge in [0, 0.05) is 17.7 Å². The summed E-state index contributed by atoms with van der Waals surface area (Å²) in [4.78, 5) is 32.6. The van der Waals surface area contributed by atoms with Gasteiger partial charge >= 0.3 is 5.97 Å². The number of amides is 1. The van der Waals surface area contributed by atoms with Gasteiger partial charge in [-0.3, -0.25) is 4.79 Å². The molecule has 0 saturated heterocycles. The molecule has 2 aromatic carbocycles. The lowest BCUT2D eigenvalue weighted by atomic mass is 9.81. The molecule has 2 N–H and O–H groups in total. The fourth-order valence-electron chi connectivity index (χ4n) is 5.20. The monoisotopic (exact) mass is 563 g/mol. The third kappa shape index (κ3) is 6.83. The molecule has 1 saturated carbocycles. The van der Waals surface area contributed by atoms with Gasteiger partial charge in [0.05, 0.1) is 17.3 Å². The van der Waals surface area contributed by atoms with E-state index >= 15 is 0 Å². The van der Waals surface area contributed by atoms with E-state index in [1.807, 2.05) is 46.1 Å². The van der Waals surface area contributed by atoms with Gasteiger partial charge in [-0.05, 0) is 82.6 Å². The normalized spacial score (nSPS) is 14.7. The molecule has 7 nitrogen and oxygen atoms in total. The Morgan fingerprint density at radius 3 is 2.48 bits per heavy atom. The largest absolute Gasteiger partial charge is 0.492 e. The van der Waals surface area contributed by atoms with Gasteiger partial charge in [-0.15, -0.1) is 0 Å². The molecule has 1 aliphatic rings. The van der Waals surface area contributed by atoms with Crippen molar-refractivity contribution >= 4 is 23.5 Å². The predicted octanol–water partition coefficient (Wildman–Crippen LogP) is 6.53. The number of halogens is 1. The van der Waals surface area contributed by atoms with Crippen LogP contribution in [0.2, 0.25) is 5.02 Å². The summed E-state index contributed by atoms with van der Waals surface area (Å²) in [7, 11) is 4.04. The first kappa shape index (κ1) is 29.6. The van der Waals surface area contributed by atoms with Crippen LogP contribution in [0.3, 0.4) is 0 Å². The number of aryl methyl sites for hydroxylation is 2. The second-order valence-electron chi connectivity index (χ2n) is 11.0. The summed E-state index contributed by atoms with van der Waals surface area (Å²) >= 11 is 6.49. The van der Waals surface area contributed by atoms with Crippen LogP contribution in [0.15, 0.2) is 48.5 Å². The Labute approximate surface area is 241 Å². The molecule has 0 unspecified atom stereocenters. The maximum Gasteiger partial charge on any atom is 0.329 e. The van der Waals surface area contributed by atoms with Crippen molar-refractivity contribution in [1.29, 1.82) is 0 Å². The highest BCUT2D eigenvalue weighted by Crippen LogP contribution is 2.37. The Balaban J connectivity index is 1.75. The highest BCUT2D eigenvalue weighted by atomic mass is 35.5. The lowest BCUT2D eigenvalue weighted by molar-refractivity contribution is -0.145. The molecule has 1 aromatic heterocycles. The van der Waals surface area contributed by atoms with Crippen molar-refractivity contribution in [2.45, 2.75) is 57.9 Å². The summed E-state index contributed by atoms with van der Waals surface area (Å²) in [5.74, 6) is -0.942. The molecule has 0 bridgehead atoms. The van der Waals surface area contributed by atoms with E-state index in [4.69, 9.17) is 21.3 Å². The molecule has 1 aliphatic carbocycles. The third-order valence-corrected chi connectivity index (χ3v) is 7.80. The Kier molecular flexibility index (Phi) is 9.48. The maximum absolute atomic E-state index is 13.4. The lowest BCUT2D eigenvalue weighted by Gasteiger charge is -2.33. The number of hydrogen-bond acceptors (Lipinski definition) is 5. The van der Waals surface area contributed by atoms with Crippen LogP contribution in [0.25, 0.3) is 22.4 Å². The van der Waals surface area contributed by atoms with Crippen molar-refractivity contribution in [3.63, 3.8) is 0 Å². The topological polar surface area (TPSA) is 91.8 Å². The fraction of sp³-hybridized carbons (Fsp3) is 0.406. The quantitative estimate of drug-likeness (QED) is 0.272. The van der Waals surface area contributed by atoms with Crippen molar-refractivity contribution in [2.75, 3.05) is 27.2 Å². The Hall–Kier alpha value is -3.42. The van der Waals surface area contributed by atoms with Crippen molar-refractivity contribution in [2.24, 2.45) is 0 Å². The van der Waals surface area contributed by atoms with Crippen molar-refractivity contribution in [3.8, 4) is 28.1 Å². The number of carboxylic acids is 1. The van der Waals surface area contributed by atoms with Crippen LogP contribution in [0.5, 0.6) is 5.75 Å². The number of carbonyl (C=O) groups excluding carboxylic acids is 1. The van der Waals surface area contributed by atoms with Gasteiger partial charge in [0.25, 0.3) is 5.91 Å². The summed E-state index contributed by atoms with van der Waals surface area (Å²) in [5.41, 5.74) is 4.31. The zero-order valence-corrected chi connectivity index (χ0v) is 24.5. The standard InChI is InChI=1S/C32H38ClN3O4/c1-21-9-10-22(2)25(19-21)24-12-14-27(30(37)35-32(31(38)39)15-6-5-7-16-32)34-29(24)23-11-13-26(33)28(20-23)40-18-8-17-36(3)4/h9-14,19-20H,5-8,15-18H2,1-4H3,(H,35,37)(H,38,39). The average Bonchev–Trinajstić information content (AvgIpc) is 2.93. The van der Waals surface area contributed by atoms with Crippen molar-refractivity contribution in [3.05, 3.63) is 70.4 Å². The summed E-state index contributed by atoms with van der Waals surface area (Å²) in [6.07, 6.45) is 4.16. The van der Waals surface area contributed by atoms with E-state index in [1.54, 1.807) is 12.1 Å². The number of rotatable bonds is 10. The van der Waals surface area contributed by atoms with E-state index in [2.05, 4.69) is 28.4 Å². The molecule has 0 aliphatic heterocycles. The van der Waals surface area contributed by atoms with Gasteiger partial charge < -0.3 is 20.1 Å². The van der Waals surface area contributed by atoms with E-state index in [9.17, 15) is 14.7 Å². The zero-order valence-electron chi connectivity index (χ0n) is 23.7. The SMILES string of the molecule is Cc1ccc(C)c(-c2ccc(C(=O)NC3(C(=O)O)CCCCC3)nc2-c2ccc(Cl)c(OCCCN(C)C)c2)c1. The van der Waals surface area contributed by atoms with E-state index in [0.717, 1.165) is 60.0 Å². The smallest absolute Gasteiger partial charge is 0.329 e. The first-order valence-electron chi connectivity index (χ1n) is 13.8. The second kappa shape index (κ2) is 12.8. The van der Waals surface area contributed by atoms with Gasteiger partial charge in [-0.25, -0.2) is 9.78 Å². The Morgan fingerprint density at radius 1 is 1.02 bits per heavy atom. The number of pyridine rings is 1. The number of carboxylic acid groups (broad SMARTS) is 1. The summed E-state index contributed by atoms with van der Waals surface area (Å²) in [5, 5.41) is 13.3. The number of ether oxygens (including phenoxy) is 1. The minimum atomic E-state index is -1.27. The lowest BCUT2D eigenvalue weighted by Crippen LogP contribution is -2.55. The second-order valence-corrected chi connectivity index (χ2v) is 11.4. The number of carbonyl (C=O) groups is 2. The minimum Gasteiger partial charge on any atom is -0.492 e. The maximum atomic E-state index is 13.4. The molecule has 8 heteroatoms. The number of hydrogen-bond donors (Lipinski definition) is 2. The van der Waals surface area contributed by atoms with Gasteiger partial charge in [-0.2, -0.15) is 0 Å². The molecular formula is C32H38ClN3O4. The summed E-state index contributed by atoms with van der Waals surface area (Å²) in [6.45, 7) is 5.48. The first-order chi connectivity index (χ1) is 19.1. The van der Waals surface area contributed by atoms with E-state index in [-0.39, 0.29) is 5.69 Å². The van der Waals surface area contributed by atoms with Crippen LogP contribution < -0.4 is 10.1 Å². The van der Waals surface area contributed by atoms with Crippen LogP contribution in [0, 0.1) is 13.8 Å². The van der Waals surface area contributed by atoms with Crippen molar-refractivity contribution in [1.82, 2.24) is 15.2 Å². The molecule has 1 fully saturated rings. The molecule has 212 valence electrons. The molecule has 0 atom stereocenters. The molecule has 0 spiro atoms. The first-order valence-corrected chi connectivity index (χ1v) is 14.2. The van der Waals surface area contributed by atoms with Gasteiger partial charge in [-0.1, -0.05) is 60.7 Å². The van der Waals surface area contributed by atoms with Gasteiger partial charge in [0.2, 0.25) is 0 Å². The summed E-state index contributed by atoms with van der Waals surface area (Å²) < 4.78 is 6.02. The molecule has 0 radical (unpaired) electrons. The molecule has 1 amide bonds. The van der Waals surface area contributed by atoms with Crippen LogP contribution in [0.4, 0.5) is 0 Å². The number of aromatic nitrogens is 1. The Morgan fingerprint density at radius 2 is 1.77 bits per heavy atom. The van der Waals surface area contributed by atoms with Crippen LogP contribution in [-0.2, 0) is 4.79 Å². The molecular weight excluding hydrogens is 526 g/mol. The average molecular weight is 564 g/mol. The third-order valence-electron chi connectivity index (χ3n) is 7.49. The number of aliphatic carboxylic acids is 1. The van der Waals surface area contributed by atoms with Crippen molar-refractivity contribution < 1.29 is 19.4 Å². The van der Waals surface area contributed by atoms with Crippen LogP contribution in [-0.4, -0.2) is 59.7 Å². The highest BCUT2D eigenvalue weighted by Gasteiger charge is 2.41. The number of nitrogens with one attached hydrogen (secondary N) is 1. The fourth-order valence-corrected chi connectivity index (χ4v) is 5.37. The molecule has 3 aromatic rings. The molecule has 1 heterocycles. The number of nitrogens with zero attached hydrogens (tertiary/aromatic N) is 2. The highest BCUT2D eigenvalue weighted by molar-refractivity contribution is 6.32. The van der Waals surface area contributed by atoms with E-state index in [1.165, 1.54) is 0 Å². The molecule has 4 rings (SSSR count). The predicted molar refractivity (Wildman–Crippen MR) is 159 cm³/mol. The van der Waals surface area contributed by atoms with Crippen LogP contribution in [0.1, 0.15) is 60.1 Å². The van der Waals surface area contributed by atoms with Gasteiger partial charge in [0.15, 0.2) is 0 Å². The number of benzene rings is 2. The zero-order chi connectivity index (χ0) is 28.9. The Bertz CT molecular complexity index is 1380. The van der Waals surface area contributed by atoms with E-state index < -0.39 is 17.4 Å². The molecule has 40 heavy (non-hydrogen) atoms. The van der Waals surface area contributed by atoms with Gasteiger partial charge in [0.1, 0.15) is 17.0 Å².